The van der Waals surface area contributed by atoms with Crippen molar-refractivity contribution in [3.8, 4) is 11.5 Å². The van der Waals surface area contributed by atoms with Gasteiger partial charge in [-0.05, 0) is 24.3 Å². The summed E-state index contributed by atoms with van der Waals surface area (Å²) in [6, 6.07) is 5.51. The molecule has 0 unspecified atom stereocenters. The molecule has 0 bridgehead atoms. The van der Waals surface area contributed by atoms with Crippen molar-refractivity contribution >= 4 is 23.8 Å². The third kappa shape index (κ3) is 7.12. The van der Waals surface area contributed by atoms with E-state index < -0.39 is 54.5 Å². The molecule has 1 aromatic carbocycles. The van der Waals surface area contributed by atoms with Crippen LogP contribution in [0.3, 0.4) is 0 Å². The van der Waals surface area contributed by atoms with Gasteiger partial charge in [-0.3, -0.25) is 19.2 Å². The van der Waals surface area contributed by atoms with Crippen LogP contribution in [0.5, 0.6) is 11.5 Å². The highest BCUT2D eigenvalue weighted by molar-refractivity contribution is 5.73. The van der Waals surface area contributed by atoms with Gasteiger partial charge in [0, 0.05) is 27.7 Å². The van der Waals surface area contributed by atoms with Crippen molar-refractivity contribution in [2.45, 2.75) is 58.3 Å². The summed E-state index contributed by atoms with van der Waals surface area (Å²) in [5.74, 6) is -1.45. The first-order chi connectivity index (χ1) is 15.1. The van der Waals surface area contributed by atoms with E-state index in [1.807, 2.05) is 0 Å². The van der Waals surface area contributed by atoms with Gasteiger partial charge in [0.2, 0.25) is 12.2 Å². The number of carbonyl (C=O) groups is 4. The van der Waals surface area contributed by atoms with Crippen LogP contribution in [0, 0.1) is 0 Å². The van der Waals surface area contributed by atoms with Gasteiger partial charge in [-0.1, -0.05) is 0 Å². The Morgan fingerprint density at radius 1 is 0.875 bits per heavy atom. The number of esters is 3. The molecule has 5 atom stereocenters. The molecule has 0 aliphatic carbocycles. The Hall–Kier alpha value is -3.34. The number of nitrogens with one attached hydrogen (secondary N) is 1. The van der Waals surface area contributed by atoms with Gasteiger partial charge in [-0.2, -0.15) is 0 Å². The third-order valence-corrected chi connectivity index (χ3v) is 4.38. The maximum atomic E-state index is 11.9. The first kappa shape index (κ1) is 24.9. The Labute approximate surface area is 185 Å². The van der Waals surface area contributed by atoms with E-state index in [0.717, 1.165) is 0 Å². The van der Waals surface area contributed by atoms with Crippen molar-refractivity contribution in [1.82, 2.24) is 5.32 Å². The first-order valence-corrected chi connectivity index (χ1v) is 9.81. The molecule has 2 rings (SSSR count). The monoisotopic (exact) mass is 453 g/mol. The Kier molecular flexibility index (Phi) is 8.82. The van der Waals surface area contributed by atoms with Gasteiger partial charge >= 0.3 is 17.9 Å². The quantitative estimate of drug-likeness (QED) is 0.443. The number of carbonyl (C=O) groups excluding carboxylic acids is 4. The fourth-order valence-electron chi connectivity index (χ4n) is 3.18. The minimum Gasteiger partial charge on any atom is -0.497 e. The highest BCUT2D eigenvalue weighted by Gasteiger charge is 2.51. The van der Waals surface area contributed by atoms with Crippen molar-refractivity contribution in [2.75, 3.05) is 13.7 Å². The molecule has 1 aromatic rings. The summed E-state index contributed by atoms with van der Waals surface area (Å²) in [5.41, 5.74) is 0. The minimum absolute atomic E-state index is 0.305. The number of hydrogen-bond acceptors (Lipinski definition) is 10. The van der Waals surface area contributed by atoms with Crippen molar-refractivity contribution < 1.29 is 47.6 Å². The van der Waals surface area contributed by atoms with E-state index in [1.54, 1.807) is 24.3 Å². The zero-order valence-electron chi connectivity index (χ0n) is 18.5. The van der Waals surface area contributed by atoms with Crippen LogP contribution >= 0.6 is 0 Å². The van der Waals surface area contributed by atoms with E-state index in [-0.39, 0.29) is 6.61 Å². The summed E-state index contributed by atoms with van der Waals surface area (Å²) in [5, 5.41) is 2.63. The van der Waals surface area contributed by atoms with Crippen LogP contribution in [0.1, 0.15) is 27.7 Å². The SMILES string of the molecule is COc1ccc(O[C@H]2O[C@H](COC(C)=O)[C@@H](OC(C)=O)[C@@H](OC(C)=O)[C@@H]2NC(C)=O)cc1. The van der Waals surface area contributed by atoms with Gasteiger partial charge in [-0.15, -0.1) is 0 Å². The molecule has 32 heavy (non-hydrogen) atoms. The molecule has 11 nitrogen and oxygen atoms in total. The van der Waals surface area contributed by atoms with Crippen LogP contribution in [-0.2, 0) is 38.1 Å². The number of ether oxygens (including phenoxy) is 6. The normalized spacial score (nSPS) is 24.6. The second kappa shape index (κ2) is 11.3. The molecule has 1 amide bonds. The highest BCUT2D eigenvalue weighted by Crippen LogP contribution is 2.29. The molecule has 1 heterocycles. The second-order valence-corrected chi connectivity index (χ2v) is 7.01. The molecule has 0 aromatic heterocycles. The maximum absolute atomic E-state index is 11.9. The van der Waals surface area contributed by atoms with Crippen molar-refractivity contribution in [3.63, 3.8) is 0 Å². The van der Waals surface area contributed by atoms with E-state index in [4.69, 9.17) is 28.4 Å². The van der Waals surface area contributed by atoms with Gasteiger partial charge in [-0.25, -0.2) is 0 Å². The van der Waals surface area contributed by atoms with Crippen LogP contribution in [0.2, 0.25) is 0 Å². The first-order valence-electron chi connectivity index (χ1n) is 9.81. The van der Waals surface area contributed by atoms with Gasteiger partial charge in [0.05, 0.1) is 7.11 Å². The zero-order valence-corrected chi connectivity index (χ0v) is 18.5. The molecule has 1 N–H and O–H groups in total. The van der Waals surface area contributed by atoms with Crippen LogP contribution in [0.4, 0.5) is 0 Å². The fourth-order valence-corrected chi connectivity index (χ4v) is 3.18. The molecule has 1 fully saturated rings. The van der Waals surface area contributed by atoms with E-state index in [2.05, 4.69) is 5.32 Å². The number of hydrogen-bond donors (Lipinski definition) is 1. The molecular weight excluding hydrogens is 426 g/mol. The van der Waals surface area contributed by atoms with Crippen LogP contribution < -0.4 is 14.8 Å². The minimum atomic E-state index is -1.18. The van der Waals surface area contributed by atoms with Gasteiger partial charge < -0.3 is 33.7 Å². The maximum Gasteiger partial charge on any atom is 0.303 e. The zero-order chi connectivity index (χ0) is 23.8. The topological polar surface area (TPSA) is 136 Å². The predicted octanol–water partition coefficient (Wildman–Crippen LogP) is 0.730. The van der Waals surface area contributed by atoms with Crippen LogP contribution in [0.15, 0.2) is 24.3 Å². The standard InChI is InChI=1S/C21H27NO10/c1-11(23)22-18-20(30-14(4)26)19(29-13(3)25)17(10-28-12(2)24)32-21(18)31-16-8-6-15(27-5)7-9-16/h6-9,17-21H,10H2,1-5H3,(H,22,23)/t17-,18+,19-,20+,21+/m1/s1. The van der Waals surface area contributed by atoms with Gasteiger partial charge in [0.25, 0.3) is 0 Å². The number of amides is 1. The largest absolute Gasteiger partial charge is 0.497 e. The smallest absolute Gasteiger partial charge is 0.303 e. The molecule has 176 valence electrons. The average molecular weight is 453 g/mol. The average Bonchev–Trinajstić information content (AvgIpc) is 2.70. The number of benzene rings is 1. The molecule has 11 heteroatoms. The molecule has 0 radical (unpaired) electrons. The summed E-state index contributed by atoms with van der Waals surface area (Å²) < 4.78 is 32.7. The molecule has 1 aliphatic rings. The summed E-state index contributed by atoms with van der Waals surface area (Å²) in [7, 11) is 1.52. The fraction of sp³-hybridized carbons (Fsp3) is 0.524. The van der Waals surface area contributed by atoms with Gasteiger partial charge in [0.15, 0.2) is 12.2 Å². The van der Waals surface area contributed by atoms with Crippen molar-refractivity contribution in [3.05, 3.63) is 24.3 Å². The van der Waals surface area contributed by atoms with E-state index in [1.165, 1.54) is 34.8 Å². The van der Waals surface area contributed by atoms with E-state index in [9.17, 15) is 19.2 Å². The molecular formula is C21H27NO10. The lowest BCUT2D eigenvalue weighted by Gasteiger charge is -2.44. The predicted molar refractivity (Wildman–Crippen MR) is 108 cm³/mol. The van der Waals surface area contributed by atoms with Crippen LogP contribution in [0.25, 0.3) is 0 Å². The van der Waals surface area contributed by atoms with Gasteiger partial charge in [0.1, 0.15) is 30.3 Å². The van der Waals surface area contributed by atoms with Crippen LogP contribution in [-0.4, -0.2) is 68.2 Å². The number of methoxy groups -OCH3 is 1. The molecule has 0 spiro atoms. The Morgan fingerprint density at radius 3 is 1.94 bits per heavy atom. The highest BCUT2D eigenvalue weighted by atomic mass is 16.7. The lowest BCUT2D eigenvalue weighted by Crippen LogP contribution is -2.67. The number of rotatable bonds is 8. The lowest BCUT2D eigenvalue weighted by molar-refractivity contribution is -0.257. The molecule has 1 aliphatic heterocycles. The molecule has 0 saturated carbocycles. The van der Waals surface area contributed by atoms with Crippen molar-refractivity contribution in [2.24, 2.45) is 0 Å². The van der Waals surface area contributed by atoms with E-state index in [0.29, 0.717) is 11.5 Å². The Bertz CT molecular complexity index is 824. The molecule has 1 saturated heterocycles. The Balaban J connectivity index is 2.42. The lowest BCUT2D eigenvalue weighted by atomic mass is 9.96. The van der Waals surface area contributed by atoms with Crippen molar-refractivity contribution in [1.29, 1.82) is 0 Å². The summed E-state index contributed by atoms with van der Waals surface area (Å²) in [4.78, 5) is 46.8. The Morgan fingerprint density at radius 2 is 1.44 bits per heavy atom. The summed E-state index contributed by atoms with van der Waals surface area (Å²) >= 11 is 0. The summed E-state index contributed by atoms with van der Waals surface area (Å²) in [6.45, 7) is 4.51. The third-order valence-electron chi connectivity index (χ3n) is 4.38. The summed E-state index contributed by atoms with van der Waals surface area (Å²) in [6.07, 6.45) is -4.58. The second-order valence-electron chi connectivity index (χ2n) is 7.01. The van der Waals surface area contributed by atoms with E-state index >= 15 is 0 Å².